The average molecular weight is 402 g/mol. The van der Waals surface area contributed by atoms with E-state index >= 15 is 0 Å². The van der Waals surface area contributed by atoms with E-state index < -0.39 is 39.9 Å². The monoisotopic (exact) mass is 401 g/mol. The fraction of sp³-hybridized carbons (Fsp3) is 0.0588. The van der Waals surface area contributed by atoms with Crippen LogP contribution in [0.4, 0.5) is 33.3 Å². The fourth-order valence-corrected chi connectivity index (χ4v) is 2.15. The molecule has 27 heavy (non-hydrogen) atoms. The zero-order chi connectivity index (χ0) is 20.2. The summed E-state index contributed by atoms with van der Waals surface area (Å²) >= 11 is 5.48. The molecule has 0 bridgehead atoms. The van der Waals surface area contributed by atoms with Gasteiger partial charge in [0.2, 0.25) is 0 Å². The summed E-state index contributed by atoms with van der Waals surface area (Å²) in [6, 6.07) is 6.80. The largest absolute Gasteiger partial charge is 0.417 e. The van der Waals surface area contributed by atoms with Crippen LogP contribution in [0.3, 0.4) is 0 Å². The van der Waals surface area contributed by atoms with Gasteiger partial charge in [-0.3, -0.25) is 4.79 Å². The van der Waals surface area contributed by atoms with Gasteiger partial charge >= 0.3 is 6.18 Å². The predicted octanol–water partition coefficient (Wildman–Crippen LogP) is 5.10. The number of rotatable bonds is 4. The van der Waals surface area contributed by atoms with Crippen molar-refractivity contribution in [3.8, 4) is 6.07 Å². The van der Waals surface area contributed by atoms with Crippen molar-refractivity contribution in [2.45, 2.75) is 6.18 Å². The first-order chi connectivity index (χ1) is 12.6. The lowest BCUT2D eigenvalue weighted by Gasteiger charge is -2.11. The number of alkyl halides is 3. The third kappa shape index (κ3) is 5.18. The van der Waals surface area contributed by atoms with Crippen molar-refractivity contribution in [3.63, 3.8) is 0 Å². The highest BCUT2D eigenvalue weighted by atomic mass is 35.5. The highest BCUT2D eigenvalue weighted by molar-refractivity contribution is 6.31. The number of anilines is 2. The van der Waals surface area contributed by atoms with Crippen molar-refractivity contribution < 1.29 is 26.7 Å². The van der Waals surface area contributed by atoms with Crippen molar-refractivity contribution in [1.82, 2.24) is 0 Å². The molecule has 0 unspecified atom stereocenters. The molecule has 0 spiro atoms. The summed E-state index contributed by atoms with van der Waals surface area (Å²) in [6.45, 7) is 0. The van der Waals surface area contributed by atoms with Gasteiger partial charge in [-0.05, 0) is 30.3 Å². The maximum absolute atomic E-state index is 13.5. The second-order valence-electron chi connectivity index (χ2n) is 5.08. The molecular weight excluding hydrogens is 393 g/mol. The maximum atomic E-state index is 13.5. The molecule has 0 fully saturated rings. The van der Waals surface area contributed by atoms with Gasteiger partial charge in [0.15, 0.2) is 0 Å². The van der Waals surface area contributed by atoms with Crippen LogP contribution in [0.15, 0.2) is 48.2 Å². The molecule has 1 amide bonds. The van der Waals surface area contributed by atoms with Crippen molar-refractivity contribution in [3.05, 3.63) is 70.4 Å². The number of carbonyl (C=O) groups excluding carboxylic acids is 1. The van der Waals surface area contributed by atoms with E-state index in [1.165, 1.54) is 6.07 Å². The average Bonchev–Trinajstić information content (AvgIpc) is 2.57. The summed E-state index contributed by atoms with van der Waals surface area (Å²) in [5, 5.41) is 12.9. The van der Waals surface area contributed by atoms with Gasteiger partial charge in [0, 0.05) is 18.0 Å². The minimum Gasteiger partial charge on any atom is -0.358 e. The van der Waals surface area contributed by atoms with E-state index in [0.29, 0.717) is 12.1 Å². The Balaban J connectivity index is 2.19. The van der Waals surface area contributed by atoms with Gasteiger partial charge in [-0.15, -0.1) is 0 Å². The van der Waals surface area contributed by atoms with Crippen LogP contribution in [0, 0.1) is 23.0 Å². The summed E-state index contributed by atoms with van der Waals surface area (Å²) in [7, 11) is 0. The topological polar surface area (TPSA) is 64.9 Å². The number of nitriles is 1. The lowest BCUT2D eigenvalue weighted by Crippen LogP contribution is -2.15. The minimum absolute atomic E-state index is 0.206. The Morgan fingerprint density at radius 2 is 1.85 bits per heavy atom. The minimum atomic E-state index is -4.73. The molecule has 0 radical (unpaired) electrons. The molecule has 0 aliphatic carbocycles. The lowest BCUT2D eigenvalue weighted by molar-refractivity contribution is -0.137. The number of nitrogens with zero attached hydrogens (tertiary/aromatic N) is 1. The molecule has 0 aromatic heterocycles. The highest BCUT2D eigenvalue weighted by Crippen LogP contribution is 2.36. The first-order valence-electron chi connectivity index (χ1n) is 7.12. The van der Waals surface area contributed by atoms with E-state index in [1.54, 1.807) is 0 Å². The van der Waals surface area contributed by atoms with Crippen LogP contribution in [-0.2, 0) is 11.0 Å². The molecule has 2 rings (SSSR count). The van der Waals surface area contributed by atoms with E-state index in [0.717, 1.165) is 30.5 Å². The molecule has 2 N–H and O–H groups in total. The van der Waals surface area contributed by atoms with Crippen LogP contribution < -0.4 is 10.6 Å². The molecular formula is C17H9ClF5N3O. The van der Waals surface area contributed by atoms with Gasteiger partial charge in [-0.25, -0.2) is 8.78 Å². The Bertz CT molecular complexity index is 951. The number of halogens is 6. The molecule has 0 heterocycles. The molecule has 0 aliphatic rings. The van der Waals surface area contributed by atoms with Crippen LogP contribution in [0.5, 0.6) is 0 Å². The van der Waals surface area contributed by atoms with E-state index in [1.807, 2.05) is 0 Å². The van der Waals surface area contributed by atoms with E-state index in [9.17, 15) is 26.7 Å². The number of amides is 1. The molecule has 2 aromatic rings. The molecule has 140 valence electrons. The number of benzene rings is 2. The van der Waals surface area contributed by atoms with Gasteiger partial charge in [0.1, 0.15) is 23.3 Å². The van der Waals surface area contributed by atoms with E-state index in [2.05, 4.69) is 10.6 Å². The Hall–Kier alpha value is -3.12. The second kappa shape index (κ2) is 8.05. The maximum Gasteiger partial charge on any atom is 0.417 e. The van der Waals surface area contributed by atoms with Crippen LogP contribution >= 0.6 is 11.6 Å². The first kappa shape index (κ1) is 20.2. The number of hydrogen-bond donors (Lipinski definition) is 2. The van der Waals surface area contributed by atoms with Gasteiger partial charge in [-0.2, -0.15) is 18.4 Å². The summed E-state index contributed by atoms with van der Waals surface area (Å²) in [5.41, 5.74) is -2.16. The normalized spacial score (nSPS) is 11.7. The predicted molar refractivity (Wildman–Crippen MR) is 88.8 cm³/mol. The van der Waals surface area contributed by atoms with Gasteiger partial charge in [0.25, 0.3) is 5.91 Å². The van der Waals surface area contributed by atoms with Crippen molar-refractivity contribution >= 4 is 28.9 Å². The summed E-state index contributed by atoms with van der Waals surface area (Å²) in [4.78, 5) is 12.0. The quantitative estimate of drug-likeness (QED) is 0.426. The second-order valence-corrected chi connectivity index (χ2v) is 5.49. The Labute approximate surface area is 154 Å². The number of nitrogens with one attached hydrogen (secondary N) is 2. The van der Waals surface area contributed by atoms with Crippen LogP contribution in [0.2, 0.25) is 5.02 Å². The SMILES string of the molecule is N#C/C(=C/Nc1ccc(F)cc1F)C(=O)Nc1ccc(Cl)c(C(F)(F)F)c1. The van der Waals surface area contributed by atoms with Gasteiger partial charge < -0.3 is 10.6 Å². The molecule has 0 aliphatic heterocycles. The Morgan fingerprint density at radius 3 is 2.44 bits per heavy atom. The van der Waals surface area contributed by atoms with Gasteiger partial charge in [-0.1, -0.05) is 11.6 Å². The van der Waals surface area contributed by atoms with Crippen LogP contribution in [0.25, 0.3) is 0 Å². The molecule has 2 aromatic carbocycles. The molecule has 0 saturated carbocycles. The van der Waals surface area contributed by atoms with Crippen molar-refractivity contribution in [2.24, 2.45) is 0 Å². The Morgan fingerprint density at radius 1 is 1.15 bits per heavy atom. The molecule has 10 heteroatoms. The zero-order valence-corrected chi connectivity index (χ0v) is 13.9. The van der Waals surface area contributed by atoms with Crippen LogP contribution in [-0.4, -0.2) is 5.91 Å². The first-order valence-corrected chi connectivity index (χ1v) is 7.49. The van der Waals surface area contributed by atoms with Crippen molar-refractivity contribution in [2.75, 3.05) is 10.6 Å². The zero-order valence-electron chi connectivity index (χ0n) is 13.2. The summed E-state index contributed by atoms with van der Waals surface area (Å²) < 4.78 is 64.8. The summed E-state index contributed by atoms with van der Waals surface area (Å²) in [6.07, 6.45) is -3.89. The lowest BCUT2D eigenvalue weighted by atomic mass is 10.2. The third-order valence-corrected chi connectivity index (χ3v) is 3.53. The Kier molecular flexibility index (Phi) is 6.02. The third-order valence-electron chi connectivity index (χ3n) is 3.20. The fourth-order valence-electron chi connectivity index (χ4n) is 1.92. The number of carbonyl (C=O) groups is 1. The standard InChI is InChI=1S/C17H9ClF5N3O/c18-13-3-2-11(6-12(13)17(21,22)23)26-16(27)9(7-24)8-25-15-4-1-10(19)5-14(15)20/h1-6,8,25H,(H,26,27)/b9-8-. The number of hydrogen-bond acceptors (Lipinski definition) is 3. The molecule has 0 saturated heterocycles. The van der Waals surface area contributed by atoms with Crippen LogP contribution in [0.1, 0.15) is 5.56 Å². The van der Waals surface area contributed by atoms with E-state index in [-0.39, 0.29) is 11.4 Å². The smallest absolute Gasteiger partial charge is 0.358 e. The summed E-state index contributed by atoms with van der Waals surface area (Å²) in [5.74, 6) is -2.82. The molecule has 4 nitrogen and oxygen atoms in total. The highest BCUT2D eigenvalue weighted by Gasteiger charge is 2.33. The van der Waals surface area contributed by atoms with Gasteiger partial charge in [0.05, 0.1) is 16.3 Å². The molecule has 0 atom stereocenters. The van der Waals surface area contributed by atoms with Crippen molar-refractivity contribution in [1.29, 1.82) is 5.26 Å². The van der Waals surface area contributed by atoms with E-state index in [4.69, 9.17) is 16.9 Å².